The van der Waals surface area contributed by atoms with Crippen LogP contribution in [0.1, 0.15) is 56.1 Å². The fraction of sp³-hybridized carbons (Fsp3) is 0.346. The van der Waals surface area contributed by atoms with Gasteiger partial charge in [-0.05, 0) is 53.6 Å². The van der Waals surface area contributed by atoms with E-state index >= 15 is 0 Å². The first kappa shape index (κ1) is 23.3. The fourth-order valence-electron chi connectivity index (χ4n) is 3.39. The maximum atomic E-state index is 12.8. The van der Waals surface area contributed by atoms with Crippen LogP contribution in [0.5, 0.6) is 5.75 Å². The van der Waals surface area contributed by atoms with Crippen LogP contribution in [0.3, 0.4) is 0 Å². The van der Waals surface area contributed by atoms with Crippen LogP contribution < -0.4 is 15.7 Å². The molecule has 32 heavy (non-hydrogen) atoms. The Kier molecular flexibility index (Phi) is 6.53. The highest BCUT2D eigenvalue weighted by Gasteiger charge is 2.27. The predicted octanol–water partition coefficient (Wildman–Crippen LogP) is 4.76. The zero-order valence-corrected chi connectivity index (χ0v) is 19.3. The average Bonchev–Trinajstić information content (AvgIpc) is 2.70. The van der Waals surface area contributed by atoms with Crippen LogP contribution in [-0.4, -0.2) is 17.9 Å². The van der Waals surface area contributed by atoms with E-state index in [9.17, 15) is 14.4 Å². The van der Waals surface area contributed by atoms with Crippen molar-refractivity contribution in [1.29, 1.82) is 0 Å². The molecule has 0 fully saturated rings. The molecule has 0 radical (unpaired) electrons. The first-order valence-corrected chi connectivity index (χ1v) is 10.6. The monoisotopic (exact) mass is 435 g/mol. The maximum Gasteiger partial charge on any atom is 0.336 e. The zero-order chi connectivity index (χ0) is 23.6. The topological polar surface area (TPSA) is 85.6 Å². The van der Waals surface area contributed by atoms with Gasteiger partial charge in [0.15, 0.2) is 0 Å². The van der Waals surface area contributed by atoms with E-state index in [0.29, 0.717) is 11.1 Å². The van der Waals surface area contributed by atoms with Crippen molar-refractivity contribution in [1.82, 2.24) is 5.32 Å². The van der Waals surface area contributed by atoms with E-state index in [0.717, 1.165) is 16.5 Å². The van der Waals surface area contributed by atoms with Gasteiger partial charge in [-0.1, -0.05) is 46.8 Å². The molecule has 168 valence electrons. The van der Waals surface area contributed by atoms with Crippen molar-refractivity contribution in [3.63, 3.8) is 0 Å². The Morgan fingerprint density at radius 2 is 1.66 bits per heavy atom. The summed E-state index contributed by atoms with van der Waals surface area (Å²) in [5, 5.41) is 3.54. The summed E-state index contributed by atoms with van der Waals surface area (Å²) in [5.74, 6) is -0.887. The smallest absolute Gasteiger partial charge is 0.336 e. The molecule has 0 saturated heterocycles. The van der Waals surface area contributed by atoms with Crippen molar-refractivity contribution >= 4 is 22.8 Å². The molecule has 6 heteroatoms. The number of amides is 1. The summed E-state index contributed by atoms with van der Waals surface area (Å²) in [6.07, 6.45) is 0. The van der Waals surface area contributed by atoms with Crippen molar-refractivity contribution < 1.29 is 18.7 Å². The Balaban J connectivity index is 1.76. The number of carbonyl (C=O) groups excluding carboxylic acids is 2. The van der Waals surface area contributed by atoms with Crippen LogP contribution in [0, 0.1) is 12.8 Å². The van der Waals surface area contributed by atoms with Crippen LogP contribution >= 0.6 is 0 Å². The van der Waals surface area contributed by atoms with Crippen molar-refractivity contribution in [2.45, 2.75) is 53.0 Å². The number of esters is 1. The SMILES string of the molecule is Cc1cc(=O)oc2cc(OC(=O)[C@@H](NC(=O)c3ccc(C(C)(C)C)cc3)C(C)C)ccc12. The highest BCUT2D eigenvalue weighted by atomic mass is 16.5. The van der Waals surface area contributed by atoms with Gasteiger partial charge in [0, 0.05) is 23.1 Å². The lowest BCUT2D eigenvalue weighted by atomic mass is 9.86. The summed E-state index contributed by atoms with van der Waals surface area (Å²) >= 11 is 0. The number of nitrogens with one attached hydrogen (secondary N) is 1. The van der Waals surface area contributed by atoms with Gasteiger partial charge in [-0.2, -0.15) is 0 Å². The van der Waals surface area contributed by atoms with Crippen LogP contribution in [0.4, 0.5) is 0 Å². The number of benzene rings is 2. The Morgan fingerprint density at radius 3 is 2.25 bits per heavy atom. The molecular weight excluding hydrogens is 406 g/mol. The Labute approximate surface area is 187 Å². The molecule has 0 unspecified atom stereocenters. The average molecular weight is 436 g/mol. The lowest BCUT2D eigenvalue weighted by molar-refractivity contribution is -0.137. The molecular formula is C26H29NO5. The van der Waals surface area contributed by atoms with Gasteiger partial charge < -0.3 is 14.5 Å². The summed E-state index contributed by atoms with van der Waals surface area (Å²) in [4.78, 5) is 37.3. The molecule has 1 atom stereocenters. The number of aryl methyl sites for hydroxylation is 1. The number of hydrogen-bond acceptors (Lipinski definition) is 5. The molecule has 0 saturated carbocycles. The quantitative estimate of drug-likeness (QED) is 0.355. The second-order valence-corrected chi connectivity index (χ2v) is 9.35. The second kappa shape index (κ2) is 8.99. The summed E-state index contributed by atoms with van der Waals surface area (Å²) < 4.78 is 10.7. The van der Waals surface area contributed by atoms with E-state index < -0.39 is 17.6 Å². The van der Waals surface area contributed by atoms with Crippen molar-refractivity contribution in [2.24, 2.45) is 5.92 Å². The first-order valence-electron chi connectivity index (χ1n) is 10.6. The largest absolute Gasteiger partial charge is 0.425 e. The Bertz CT molecular complexity index is 1200. The molecule has 0 bridgehead atoms. The van der Waals surface area contributed by atoms with E-state index in [4.69, 9.17) is 9.15 Å². The normalized spacial score (nSPS) is 12.6. The van der Waals surface area contributed by atoms with Crippen LogP contribution in [0.2, 0.25) is 0 Å². The summed E-state index contributed by atoms with van der Waals surface area (Å²) in [5.41, 5.74) is 2.22. The van der Waals surface area contributed by atoms with Gasteiger partial charge in [0.1, 0.15) is 17.4 Å². The lowest BCUT2D eigenvalue weighted by Crippen LogP contribution is -2.46. The molecule has 0 aliphatic heterocycles. The zero-order valence-electron chi connectivity index (χ0n) is 19.3. The third-order valence-electron chi connectivity index (χ3n) is 5.36. The van der Waals surface area contributed by atoms with E-state index in [-0.39, 0.29) is 23.0 Å². The summed E-state index contributed by atoms with van der Waals surface area (Å²) in [6.45, 7) is 11.8. The van der Waals surface area contributed by atoms with Gasteiger partial charge in [-0.3, -0.25) is 4.79 Å². The minimum Gasteiger partial charge on any atom is -0.425 e. The number of ether oxygens (including phenoxy) is 1. The van der Waals surface area contributed by atoms with Crippen LogP contribution in [0.15, 0.2) is 57.7 Å². The van der Waals surface area contributed by atoms with Crippen LogP contribution in [0.25, 0.3) is 11.0 Å². The Hall–Kier alpha value is -3.41. The summed E-state index contributed by atoms with van der Waals surface area (Å²) in [6, 6.07) is 12.8. The van der Waals surface area contributed by atoms with Gasteiger partial charge >= 0.3 is 11.6 Å². The number of carbonyl (C=O) groups is 2. The molecule has 3 aromatic rings. The van der Waals surface area contributed by atoms with Crippen molar-refractivity contribution in [3.05, 3.63) is 75.6 Å². The molecule has 0 aliphatic rings. The number of rotatable bonds is 5. The highest BCUT2D eigenvalue weighted by Crippen LogP contribution is 2.24. The predicted molar refractivity (Wildman–Crippen MR) is 124 cm³/mol. The van der Waals surface area contributed by atoms with Crippen molar-refractivity contribution in [2.75, 3.05) is 0 Å². The number of fused-ring (bicyclic) bond motifs is 1. The van der Waals surface area contributed by atoms with Gasteiger partial charge in [0.25, 0.3) is 5.91 Å². The molecule has 2 aromatic carbocycles. The van der Waals surface area contributed by atoms with Crippen molar-refractivity contribution in [3.8, 4) is 5.75 Å². The molecule has 1 heterocycles. The van der Waals surface area contributed by atoms with E-state index in [1.165, 1.54) is 12.1 Å². The van der Waals surface area contributed by atoms with Gasteiger partial charge in [-0.15, -0.1) is 0 Å². The maximum absolute atomic E-state index is 12.8. The molecule has 1 aromatic heterocycles. The molecule has 0 aliphatic carbocycles. The first-order chi connectivity index (χ1) is 15.0. The standard InChI is InChI=1S/C26H29NO5/c1-15(2)23(27-24(29)17-7-9-18(10-8-17)26(4,5)6)25(30)31-19-11-12-20-16(3)13-22(28)32-21(20)14-19/h7-15,23H,1-6H3,(H,27,29)/t23-/m0/s1. The van der Waals surface area contributed by atoms with Gasteiger partial charge in [-0.25, -0.2) is 9.59 Å². The minimum atomic E-state index is -0.843. The number of hydrogen-bond donors (Lipinski definition) is 1. The molecule has 3 rings (SSSR count). The fourth-order valence-corrected chi connectivity index (χ4v) is 3.39. The summed E-state index contributed by atoms with van der Waals surface area (Å²) in [7, 11) is 0. The van der Waals surface area contributed by atoms with Gasteiger partial charge in [0.05, 0.1) is 0 Å². The van der Waals surface area contributed by atoms with E-state index in [2.05, 4.69) is 26.1 Å². The highest BCUT2D eigenvalue weighted by molar-refractivity contribution is 5.97. The molecule has 1 N–H and O–H groups in total. The lowest BCUT2D eigenvalue weighted by Gasteiger charge is -2.22. The van der Waals surface area contributed by atoms with E-state index in [1.54, 1.807) is 24.3 Å². The molecule has 0 spiro atoms. The van der Waals surface area contributed by atoms with E-state index in [1.807, 2.05) is 32.9 Å². The second-order valence-electron chi connectivity index (χ2n) is 9.35. The molecule has 1 amide bonds. The third-order valence-corrected chi connectivity index (χ3v) is 5.36. The van der Waals surface area contributed by atoms with Crippen LogP contribution in [-0.2, 0) is 10.2 Å². The molecule has 6 nitrogen and oxygen atoms in total. The minimum absolute atomic E-state index is 0.0170. The third kappa shape index (κ3) is 5.25. The van der Waals surface area contributed by atoms with Gasteiger partial charge in [0.2, 0.25) is 0 Å². The Morgan fingerprint density at radius 1 is 1.00 bits per heavy atom.